The summed E-state index contributed by atoms with van der Waals surface area (Å²) >= 11 is 0. The van der Waals surface area contributed by atoms with Crippen molar-refractivity contribution in [2.75, 3.05) is 4.90 Å². The van der Waals surface area contributed by atoms with E-state index in [0.29, 0.717) is 0 Å². The highest BCUT2D eigenvalue weighted by molar-refractivity contribution is 6.09. The molecule has 0 atom stereocenters. The summed E-state index contributed by atoms with van der Waals surface area (Å²) in [6.45, 7) is 6.69. The molecule has 0 radical (unpaired) electrons. The first kappa shape index (κ1) is 37.6. The number of hydrogen-bond acceptors (Lipinski definition) is 2. The number of benzene rings is 9. The Kier molecular flexibility index (Phi) is 8.81. The van der Waals surface area contributed by atoms with Crippen molar-refractivity contribution < 1.29 is 4.42 Å². The number of fused-ring (bicyclic) bond motifs is 10. The van der Waals surface area contributed by atoms with Gasteiger partial charge in [0.25, 0.3) is 0 Å². The minimum Gasteiger partial charge on any atom is -0.455 e. The van der Waals surface area contributed by atoms with Gasteiger partial charge in [-0.1, -0.05) is 189 Å². The molecular formula is C62H43NO. The highest BCUT2D eigenvalue weighted by Gasteiger charge is 2.51. The third-order valence-electron chi connectivity index (χ3n) is 13.5. The number of anilines is 3. The van der Waals surface area contributed by atoms with Gasteiger partial charge in [-0.05, 0) is 128 Å². The zero-order valence-corrected chi connectivity index (χ0v) is 35.5. The van der Waals surface area contributed by atoms with Crippen molar-refractivity contribution in [2.24, 2.45) is 0 Å². The third kappa shape index (κ3) is 5.73. The van der Waals surface area contributed by atoms with Crippen molar-refractivity contribution in [3.63, 3.8) is 0 Å². The number of nitrogens with zero attached hydrogens (tertiary/aromatic N) is 1. The average Bonchev–Trinajstić information content (AvgIpc) is 3.98. The molecule has 9 aromatic carbocycles. The first-order chi connectivity index (χ1) is 31.6. The van der Waals surface area contributed by atoms with E-state index in [1.165, 1.54) is 55.7 Å². The summed E-state index contributed by atoms with van der Waals surface area (Å²) in [5.74, 6) is 0. The highest BCUT2D eigenvalue weighted by atomic mass is 16.3. The summed E-state index contributed by atoms with van der Waals surface area (Å²) in [7, 11) is 0. The minimum atomic E-state index is -0.424. The molecule has 0 bridgehead atoms. The Labute approximate surface area is 374 Å². The number of hydrogen-bond donors (Lipinski definition) is 0. The minimum absolute atomic E-state index is 0.424. The fraction of sp³-hybridized carbons (Fsp3) is 0.0323. The van der Waals surface area contributed by atoms with E-state index < -0.39 is 5.41 Å². The molecule has 1 aromatic heterocycles. The molecule has 302 valence electrons. The Morgan fingerprint density at radius 1 is 0.453 bits per heavy atom. The number of rotatable bonds is 8. The second-order valence-electron chi connectivity index (χ2n) is 16.9. The third-order valence-corrected chi connectivity index (χ3v) is 13.5. The zero-order chi connectivity index (χ0) is 42.8. The van der Waals surface area contributed by atoms with Gasteiger partial charge >= 0.3 is 0 Å². The molecule has 0 N–H and O–H groups in total. The molecule has 0 fully saturated rings. The van der Waals surface area contributed by atoms with Gasteiger partial charge in [0.15, 0.2) is 0 Å². The number of allylic oxidation sites excluding steroid dienone is 5. The van der Waals surface area contributed by atoms with Gasteiger partial charge in [0, 0.05) is 33.4 Å². The fourth-order valence-corrected chi connectivity index (χ4v) is 10.6. The lowest BCUT2D eigenvalue weighted by Crippen LogP contribution is -2.26. The Hall–Kier alpha value is -8.20. The van der Waals surface area contributed by atoms with Crippen LogP contribution < -0.4 is 4.90 Å². The van der Waals surface area contributed by atoms with Crippen LogP contribution in [0.2, 0.25) is 0 Å². The zero-order valence-electron chi connectivity index (χ0n) is 35.5. The molecule has 10 aromatic rings. The van der Waals surface area contributed by atoms with Gasteiger partial charge in [0.2, 0.25) is 0 Å². The maximum atomic E-state index is 6.44. The number of furan rings is 1. The predicted molar refractivity (Wildman–Crippen MR) is 268 cm³/mol. The molecule has 2 nitrogen and oxygen atoms in total. The van der Waals surface area contributed by atoms with Gasteiger partial charge in [-0.15, -0.1) is 0 Å². The normalized spacial score (nSPS) is 13.6. The summed E-state index contributed by atoms with van der Waals surface area (Å²) in [5.41, 5.74) is 21.8. The van der Waals surface area contributed by atoms with Gasteiger partial charge < -0.3 is 9.32 Å². The molecule has 1 heterocycles. The van der Waals surface area contributed by atoms with Crippen LogP contribution in [0.1, 0.15) is 34.7 Å². The Balaban J connectivity index is 0.951. The largest absolute Gasteiger partial charge is 0.455 e. The van der Waals surface area contributed by atoms with Crippen LogP contribution in [0.4, 0.5) is 17.1 Å². The van der Waals surface area contributed by atoms with E-state index in [4.69, 9.17) is 4.42 Å². The second kappa shape index (κ2) is 15.0. The van der Waals surface area contributed by atoms with Crippen LogP contribution in [-0.2, 0) is 5.41 Å². The van der Waals surface area contributed by atoms with Crippen LogP contribution >= 0.6 is 0 Å². The van der Waals surface area contributed by atoms with Crippen molar-refractivity contribution in [3.05, 3.63) is 271 Å². The van der Waals surface area contributed by atoms with Crippen molar-refractivity contribution in [1.82, 2.24) is 0 Å². The van der Waals surface area contributed by atoms with Crippen molar-refractivity contribution >= 4 is 50.1 Å². The topological polar surface area (TPSA) is 16.4 Å². The smallest absolute Gasteiger partial charge is 0.143 e. The van der Waals surface area contributed by atoms with E-state index in [-0.39, 0.29) is 0 Å². The molecule has 0 saturated carbocycles. The first-order valence-electron chi connectivity index (χ1n) is 22.0. The summed E-state index contributed by atoms with van der Waals surface area (Å²) in [6, 6.07) is 78.8. The van der Waals surface area contributed by atoms with Crippen molar-refractivity contribution in [2.45, 2.75) is 12.3 Å². The summed E-state index contributed by atoms with van der Waals surface area (Å²) < 4.78 is 6.44. The lowest BCUT2D eigenvalue weighted by Gasteiger charge is -2.32. The van der Waals surface area contributed by atoms with E-state index >= 15 is 0 Å². The Morgan fingerprint density at radius 3 is 1.58 bits per heavy atom. The van der Waals surface area contributed by atoms with Gasteiger partial charge in [-0.3, -0.25) is 0 Å². The van der Waals surface area contributed by atoms with Gasteiger partial charge in [-0.2, -0.15) is 0 Å². The lowest BCUT2D eigenvalue weighted by molar-refractivity contribution is 0.670. The molecular weight excluding hydrogens is 775 g/mol. The molecule has 0 unspecified atom stereocenters. The number of para-hydroxylation sites is 2. The van der Waals surface area contributed by atoms with Crippen LogP contribution in [0.5, 0.6) is 0 Å². The van der Waals surface area contributed by atoms with Crippen LogP contribution in [0.15, 0.2) is 247 Å². The molecule has 2 aliphatic rings. The van der Waals surface area contributed by atoms with Gasteiger partial charge in [-0.25, -0.2) is 0 Å². The SMILES string of the molecule is C=C/C(=C\C1=C(C)c2ccccc2C12c1ccccc1-c1ccccc12)c1ccc(N(c2ccc(-c3ccccc3)cc2)c2ccc(-c3cccc4c3oc3ccccc34)cc2)cc1. The predicted octanol–water partition coefficient (Wildman–Crippen LogP) is 16.8. The van der Waals surface area contributed by atoms with Gasteiger partial charge in [0.1, 0.15) is 11.2 Å². The Morgan fingerprint density at radius 2 is 0.938 bits per heavy atom. The molecule has 12 rings (SSSR count). The molecule has 0 saturated heterocycles. The van der Waals surface area contributed by atoms with E-state index in [0.717, 1.165) is 61.3 Å². The summed E-state index contributed by atoms with van der Waals surface area (Å²) in [5, 5.41) is 2.26. The molecule has 2 aliphatic carbocycles. The van der Waals surface area contributed by atoms with Gasteiger partial charge in [0.05, 0.1) is 5.41 Å². The molecule has 0 amide bonds. The lowest BCUT2D eigenvalue weighted by atomic mass is 9.69. The van der Waals surface area contributed by atoms with E-state index in [1.54, 1.807) is 0 Å². The van der Waals surface area contributed by atoms with E-state index in [9.17, 15) is 0 Å². The standard InChI is InChI=1S/C62H43NO/c1-3-42(40-59-41(2)50-18-7-11-24-56(50)62(59)57-25-12-8-19-52(57)53-20-9-13-26-58(53)62)44-28-34-47(35-29-44)63(48-36-30-45(31-37-48)43-16-5-4-6-17-43)49-38-32-46(33-39-49)51-22-15-23-55-54-21-10-14-27-60(54)64-61(51)55/h3-40H,1H2,2H3/b42-40+. The van der Waals surface area contributed by atoms with Crippen LogP contribution in [0, 0.1) is 0 Å². The summed E-state index contributed by atoms with van der Waals surface area (Å²) in [6.07, 6.45) is 4.41. The average molecular weight is 818 g/mol. The molecule has 0 aliphatic heterocycles. The maximum Gasteiger partial charge on any atom is 0.143 e. The van der Waals surface area contributed by atoms with Crippen LogP contribution in [0.25, 0.3) is 66.5 Å². The monoisotopic (exact) mass is 817 g/mol. The second-order valence-corrected chi connectivity index (χ2v) is 16.9. The van der Waals surface area contributed by atoms with E-state index in [1.807, 2.05) is 18.2 Å². The maximum absolute atomic E-state index is 6.44. The first-order valence-corrected chi connectivity index (χ1v) is 22.0. The van der Waals surface area contributed by atoms with E-state index in [2.05, 4.69) is 231 Å². The fourth-order valence-electron chi connectivity index (χ4n) is 10.6. The molecule has 2 heteroatoms. The van der Waals surface area contributed by atoms with Crippen molar-refractivity contribution in [3.8, 4) is 33.4 Å². The summed E-state index contributed by atoms with van der Waals surface area (Å²) in [4.78, 5) is 2.34. The van der Waals surface area contributed by atoms with Crippen LogP contribution in [0.3, 0.4) is 0 Å². The van der Waals surface area contributed by atoms with Crippen molar-refractivity contribution in [1.29, 1.82) is 0 Å². The highest BCUT2D eigenvalue weighted by Crippen LogP contribution is 2.62. The van der Waals surface area contributed by atoms with Crippen LogP contribution in [-0.4, -0.2) is 0 Å². The Bertz CT molecular complexity index is 3450. The molecule has 64 heavy (non-hydrogen) atoms. The molecule has 1 spiro atoms. The quantitative estimate of drug-likeness (QED) is 0.142.